The van der Waals surface area contributed by atoms with E-state index < -0.39 is 10.8 Å². The van der Waals surface area contributed by atoms with Crippen molar-refractivity contribution in [2.45, 2.75) is 39.0 Å². The van der Waals surface area contributed by atoms with Gasteiger partial charge in [-0.2, -0.15) is 0 Å². The predicted molar refractivity (Wildman–Crippen MR) is 130 cm³/mol. The first kappa shape index (κ1) is 24.1. The molecule has 2 aromatic rings. The first-order valence-corrected chi connectivity index (χ1v) is 11.4. The van der Waals surface area contributed by atoms with E-state index in [-0.39, 0.29) is 24.0 Å². The molecule has 1 heterocycles. The van der Waals surface area contributed by atoms with Gasteiger partial charge in [0.05, 0.1) is 6.54 Å². The predicted octanol–water partition coefficient (Wildman–Crippen LogP) is 4.11. The molecule has 0 saturated heterocycles. The summed E-state index contributed by atoms with van der Waals surface area (Å²) in [5.41, 5.74) is 1.11. The van der Waals surface area contributed by atoms with Gasteiger partial charge in [-0.25, -0.2) is 0 Å². The molecule has 0 radical (unpaired) electrons. The quantitative estimate of drug-likeness (QED) is 0.298. The first-order valence-electron chi connectivity index (χ1n) is 9.06. The number of nitrogens with one attached hydrogen (secondary N) is 2. The molecule has 0 aliphatic rings. The minimum absolute atomic E-state index is 0. The molecule has 27 heavy (non-hydrogen) atoms. The summed E-state index contributed by atoms with van der Waals surface area (Å²) in [7, 11) is -0.894. The van der Waals surface area contributed by atoms with Gasteiger partial charge in [0.1, 0.15) is 0 Å². The summed E-state index contributed by atoms with van der Waals surface area (Å²) < 4.78 is 12.2. The Morgan fingerprint density at radius 1 is 1.22 bits per heavy atom. The van der Waals surface area contributed by atoms with E-state index in [9.17, 15) is 4.21 Å². The standard InChI is InChI=1S/C20H29N3OS2.HI/c1-4-21-20(23-16(2)14-19-11-10-17(3)25-19)22-12-13-26(24)15-18-8-6-5-7-9-18;/h5-11,16H,4,12-15H2,1-3H3,(H2,21,22,23);1H. The number of aryl methyl sites for hydroxylation is 1. The van der Waals surface area contributed by atoms with E-state index in [0.717, 1.165) is 24.5 Å². The Hall–Kier alpha value is -0.930. The fourth-order valence-electron chi connectivity index (χ4n) is 2.59. The average molecular weight is 520 g/mol. The van der Waals surface area contributed by atoms with Crippen LogP contribution in [0, 0.1) is 6.92 Å². The van der Waals surface area contributed by atoms with Crippen LogP contribution in [0.25, 0.3) is 0 Å². The van der Waals surface area contributed by atoms with Crippen molar-refractivity contribution >= 4 is 52.1 Å². The number of thiophene rings is 1. The summed E-state index contributed by atoms with van der Waals surface area (Å²) in [5, 5.41) is 6.72. The molecule has 1 aromatic heterocycles. The highest BCUT2D eigenvalue weighted by Crippen LogP contribution is 2.16. The highest BCUT2D eigenvalue weighted by atomic mass is 127. The molecule has 0 spiro atoms. The van der Waals surface area contributed by atoms with Gasteiger partial charge in [0.2, 0.25) is 0 Å². The maximum Gasteiger partial charge on any atom is 0.191 e. The van der Waals surface area contributed by atoms with Gasteiger partial charge in [0, 0.05) is 51.1 Å². The molecule has 0 amide bonds. The van der Waals surface area contributed by atoms with Crippen molar-refractivity contribution in [3.05, 3.63) is 57.8 Å². The van der Waals surface area contributed by atoms with Crippen LogP contribution >= 0.6 is 35.3 Å². The fourth-order valence-corrected chi connectivity index (χ4v) is 4.62. The molecule has 1 aromatic carbocycles. The Kier molecular flexibility index (Phi) is 11.9. The van der Waals surface area contributed by atoms with E-state index in [1.165, 1.54) is 9.75 Å². The minimum atomic E-state index is -0.894. The molecule has 2 N–H and O–H groups in total. The number of guanidine groups is 1. The molecule has 7 heteroatoms. The lowest BCUT2D eigenvalue weighted by molar-refractivity contribution is 0.646. The first-order chi connectivity index (χ1) is 12.6. The third-order valence-electron chi connectivity index (χ3n) is 3.79. The zero-order chi connectivity index (χ0) is 18.8. The molecular formula is C20H30IN3OS2. The van der Waals surface area contributed by atoms with Crippen molar-refractivity contribution in [1.29, 1.82) is 0 Å². The summed E-state index contributed by atoms with van der Waals surface area (Å²) in [6.07, 6.45) is 0.975. The smallest absolute Gasteiger partial charge is 0.191 e. The zero-order valence-electron chi connectivity index (χ0n) is 16.2. The molecular weight excluding hydrogens is 489 g/mol. The number of rotatable bonds is 9. The van der Waals surface area contributed by atoms with Crippen LogP contribution in [0.2, 0.25) is 0 Å². The van der Waals surface area contributed by atoms with Crippen LogP contribution in [0.4, 0.5) is 0 Å². The highest BCUT2D eigenvalue weighted by Gasteiger charge is 2.08. The van der Waals surface area contributed by atoms with E-state index in [1.54, 1.807) is 0 Å². The Labute approximate surface area is 186 Å². The molecule has 2 unspecified atom stereocenters. The van der Waals surface area contributed by atoms with Crippen LogP contribution in [0.5, 0.6) is 0 Å². The molecule has 2 rings (SSSR count). The van der Waals surface area contributed by atoms with Crippen molar-refractivity contribution in [2.75, 3.05) is 18.8 Å². The Morgan fingerprint density at radius 2 is 1.96 bits per heavy atom. The lowest BCUT2D eigenvalue weighted by Gasteiger charge is -2.17. The summed E-state index contributed by atoms with van der Waals surface area (Å²) in [4.78, 5) is 7.31. The number of hydrogen-bond donors (Lipinski definition) is 2. The highest BCUT2D eigenvalue weighted by molar-refractivity contribution is 14.0. The van der Waals surface area contributed by atoms with Gasteiger partial charge < -0.3 is 10.6 Å². The largest absolute Gasteiger partial charge is 0.357 e. The lowest BCUT2D eigenvalue weighted by atomic mass is 10.2. The van der Waals surface area contributed by atoms with Crippen molar-refractivity contribution < 1.29 is 4.21 Å². The van der Waals surface area contributed by atoms with Crippen LogP contribution in [0.3, 0.4) is 0 Å². The van der Waals surface area contributed by atoms with E-state index >= 15 is 0 Å². The number of hydrogen-bond acceptors (Lipinski definition) is 3. The van der Waals surface area contributed by atoms with E-state index in [2.05, 4.69) is 48.5 Å². The van der Waals surface area contributed by atoms with Crippen LogP contribution in [-0.2, 0) is 23.0 Å². The maximum absolute atomic E-state index is 12.2. The van der Waals surface area contributed by atoms with Crippen molar-refractivity contribution in [3.63, 3.8) is 0 Å². The maximum atomic E-state index is 12.2. The monoisotopic (exact) mass is 519 g/mol. The molecule has 4 nitrogen and oxygen atoms in total. The van der Waals surface area contributed by atoms with Crippen LogP contribution in [-0.4, -0.2) is 35.1 Å². The van der Waals surface area contributed by atoms with Crippen molar-refractivity contribution in [3.8, 4) is 0 Å². The van der Waals surface area contributed by atoms with Gasteiger partial charge >= 0.3 is 0 Å². The second kappa shape index (κ2) is 13.3. The molecule has 0 bridgehead atoms. The fraction of sp³-hybridized carbons (Fsp3) is 0.450. The van der Waals surface area contributed by atoms with Gasteiger partial charge in [0.15, 0.2) is 5.96 Å². The third-order valence-corrected chi connectivity index (χ3v) is 6.11. The summed E-state index contributed by atoms with van der Waals surface area (Å²) in [6, 6.07) is 14.6. The molecule has 0 saturated carbocycles. The number of nitrogens with zero attached hydrogens (tertiary/aromatic N) is 1. The van der Waals surface area contributed by atoms with Gasteiger partial charge in [-0.1, -0.05) is 30.3 Å². The summed E-state index contributed by atoms with van der Waals surface area (Å²) >= 11 is 1.84. The number of benzene rings is 1. The van der Waals surface area contributed by atoms with Crippen LogP contribution < -0.4 is 10.6 Å². The van der Waals surface area contributed by atoms with E-state index in [0.29, 0.717) is 24.1 Å². The SMILES string of the molecule is CCNC(=NCCS(=O)Cc1ccccc1)NC(C)Cc1ccc(C)s1.I. The average Bonchev–Trinajstić information content (AvgIpc) is 3.00. The Balaban J connectivity index is 0.00000364. The lowest BCUT2D eigenvalue weighted by Crippen LogP contribution is -2.43. The number of aliphatic imine (C=N–C) groups is 1. The molecule has 150 valence electrons. The van der Waals surface area contributed by atoms with E-state index in [1.807, 2.05) is 41.7 Å². The van der Waals surface area contributed by atoms with Crippen LogP contribution in [0.15, 0.2) is 47.5 Å². The van der Waals surface area contributed by atoms with Crippen LogP contribution in [0.1, 0.15) is 29.2 Å². The minimum Gasteiger partial charge on any atom is -0.357 e. The molecule has 0 aliphatic heterocycles. The number of halogens is 1. The Morgan fingerprint density at radius 3 is 2.59 bits per heavy atom. The molecule has 0 aliphatic carbocycles. The van der Waals surface area contributed by atoms with Gasteiger partial charge in [0.25, 0.3) is 0 Å². The topological polar surface area (TPSA) is 53.5 Å². The van der Waals surface area contributed by atoms with Gasteiger partial charge in [-0.05, 0) is 38.5 Å². The zero-order valence-corrected chi connectivity index (χ0v) is 20.2. The summed E-state index contributed by atoms with van der Waals surface area (Å²) in [6.45, 7) is 7.71. The van der Waals surface area contributed by atoms with Crippen molar-refractivity contribution in [1.82, 2.24) is 10.6 Å². The summed E-state index contributed by atoms with van der Waals surface area (Å²) in [5.74, 6) is 1.96. The van der Waals surface area contributed by atoms with Gasteiger partial charge in [-0.3, -0.25) is 9.20 Å². The molecule has 2 atom stereocenters. The second-order valence-electron chi connectivity index (χ2n) is 6.30. The van der Waals surface area contributed by atoms with Crippen molar-refractivity contribution in [2.24, 2.45) is 4.99 Å². The second-order valence-corrected chi connectivity index (χ2v) is 9.25. The normalized spacial score (nSPS) is 13.5. The third kappa shape index (κ3) is 9.71. The molecule has 0 fully saturated rings. The Bertz CT molecular complexity index is 719. The van der Waals surface area contributed by atoms with E-state index in [4.69, 9.17) is 0 Å². The van der Waals surface area contributed by atoms with Gasteiger partial charge in [-0.15, -0.1) is 35.3 Å².